The highest BCUT2D eigenvalue weighted by Crippen LogP contribution is 2.25. The van der Waals surface area contributed by atoms with Crippen LogP contribution in [0.3, 0.4) is 0 Å². The number of rotatable bonds is 4. The standard InChI is InChI=1S/C13H14N4O3S/c1-7-11(21-13(14)16-7)12(19)17-15-6-8-3-4-10(20-2)9(18)5-8/h3-6,18H,1-2H3,(H2,14,16)(H,17,19)/p+1. The first kappa shape index (κ1) is 14.8. The number of hydrazone groups is 1. The molecule has 0 bridgehead atoms. The SMILES string of the molecule is COc1ccc(C=NNC(=O)c2sc(N)[nH+]c2C)cc1O. The molecule has 5 N–H and O–H groups in total. The fraction of sp³-hybridized carbons (Fsp3) is 0.154. The Morgan fingerprint density at radius 3 is 2.90 bits per heavy atom. The smallest absolute Gasteiger partial charge is 0.330 e. The van der Waals surface area contributed by atoms with E-state index in [0.717, 1.165) is 11.3 Å². The van der Waals surface area contributed by atoms with E-state index in [9.17, 15) is 9.90 Å². The highest BCUT2D eigenvalue weighted by atomic mass is 32.1. The van der Waals surface area contributed by atoms with Gasteiger partial charge < -0.3 is 9.84 Å². The lowest BCUT2D eigenvalue weighted by Crippen LogP contribution is -2.19. The summed E-state index contributed by atoms with van der Waals surface area (Å²) in [6, 6.07) is 4.80. The highest BCUT2D eigenvalue weighted by molar-refractivity contribution is 7.16. The van der Waals surface area contributed by atoms with E-state index in [1.807, 2.05) is 0 Å². The summed E-state index contributed by atoms with van der Waals surface area (Å²) in [5.41, 5.74) is 9.30. The number of aromatic nitrogens is 1. The minimum Gasteiger partial charge on any atom is -0.504 e. The van der Waals surface area contributed by atoms with Crippen molar-refractivity contribution in [1.82, 2.24) is 5.43 Å². The average molecular weight is 307 g/mol. The van der Waals surface area contributed by atoms with Gasteiger partial charge in [-0.05, 0) is 42.0 Å². The lowest BCUT2D eigenvalue weighted by atomic mass is 10.2. The summed E-state index contributed by atoms with van der Waals surface area (Å²) in [5.74, 6) is 0.0279. The monoisotopic (exact) mass is 307 g/mol. The quantitative estimate of drug-likeness (QED) is 0.576. The summed E-state index contributed by atoms with van der Waals surface area (Å²) in [4.78, 5) is 15.2. The number of nitrogens with two attached hydrogens (primary N) is 1. The second-order valence-electron chi connectivity index (χ2n) is 4.18. The summed E-state index contributed by atoms with van der Waals surface area (Å²) in [6.07, 6.45) is 1.42. The lowest BCUT2D eigenvalue weighted by Gasteiger charge is -2.03. The number of amides is 1. The van der Waals surface area contributed by atoms with E-state index < -0.39 is 0 Å². The first-order valence-corrected chi connectivity index (χ1v) is 6.81. The van der Waals surface area contributed by atoms with Crippen molar-refractivity contribution < 1.29 is 19.6 Å². The maximum atomic E-state index is 11.9. The minimum atomic E-state index is -0.348. The Kier molecular flexibility index (Phi) is 4.39. The summed E-state index contributed by atoms with van der Waals surface area (Å²) in [5, 5.41) is 13.9. The summed E-state index contributed by atoms with van der Waals surface area (Å²) in [6.45, 7) is 1.76. The van der Waals surface area contributed by atoms with Gasteiger partial charge in [-0.3, -0.25) is 10.5 Å². The Bertz CT molecular complexity index is 697. The van der Waals surface area contributed by atoms with Gasteiger partial charge in [0.25, 0.3) is 5.91 Å². The Morgan fingerprint density at radius 2 is 2.33 bits per heavy atom. The predicted molar refractivity (Wildman–Crippen MR) is 79.7 cm³/mol. The Balaban J connectivity index is 2.04. The van der Waals surface area contributed by atoms with E-state index in [4.69, 9.17) is 10.5 Å². The average Bonchev–Trinajstić information content (AvgIpc) is 2.78. The van der Waals surface area contributed by atoms with Gasteiger partial charge in [-0.2, -0.15) is 5.10 Å². The lowest BCUT2D eigenvalue weighted by molar-refractivity contribution is -0.363. The molecule has 1 heterocycles. The Labute approximate surface area is 125 Å². The number of methoxy groups -OCH3 is 1. The van der Waals surface area contributed by atoms with Crippen LogP contribution in [0.2, 0.25) is 0 Å². The van der Waals surface area contributed by atoms with Crippen molar-refractivity contribution in [2.75, 3.05) is 12.8 Å². The van der Waals surface area contributed by atoms with E-state index >= 15 is 0 Å². The van der Waals surface area contributed by atoms with Crippen LogP contribution in [0.15, 0.2) is 23.3 Å². The number of carbonyl (C=O) groups is 1. The summed E-state index contributed by atoms with van der Waals surface area (Å²) < 4.78 is 4.94. The van der Waals surface area contributed by atoms with Crippen LogP contribution >= 0.6 is 11.3 Å². The van der Waals surface area contributed by atoms with Gasteiger partial charge in [-0.25, -0.2) is 10.4 Å². The number of aromatic hydroxyl groups is 1. The number of carbonyl (C=O) groups excluding carboxylic acids is 1. The third kappa shape index (κ3) is 3.48. The topological polar surface area (TPSA) is 111 Å². The normalized spacial score (nSPS) is 10.8. The van der Waals surface area contributed by atoms with Crippen LogP contribution < -0.4 is 20.9 Å². The molecule has 21 heavy (non-hydrogen) atoms. The second-order valence-corrected chi connectivity index (χ2v) is 5.23. The van der Waals surface area contributed by atoms with E-state index in [1.54, 1.807) is 19.1 Å². The van der Waals surface area contributed by atoms with Crippen molar-refractivity contribution in [3.63, 3.8) is 0 Å². The first-order valence-electron chi connectivity index (χ1n) is 6.00. The molecule has 1 aromatic heterocycles. The number of H-pyrrole nitrogens is 1. The molecule has 2 aromatic rings. The van der Waals surface area contributed by atoms with E-state index in [0.29, 0.717) is 27.0 Å². The molecule has 0 saturated heterocycles. The number of phenols is 1. The van der Waals surface area contributed by atoms with E-state index in [1.165, 1.54) is 19.4 Å². The highest BCUT2D eigenvalue weighted by Gasteiger charge is 2.16. The number of phenolic OH excluding ortho intramolecular Hbond substituents is 1. The molecule has 0 radical (unpaired) electrons. The van der Waals surface area contributed by atoms with Gasteiger partial charge in [-0.15, -0.1) is 0 Å². The minimum absolute atomic E-state index is 0.00394. The first-order chi connectivity index (χ1) is 10.0. The molecular weight excluding hydrogens is 292 g/mol. The molecule has 0 spiro atoms. The fourth-order valence-corrected chi connectivity index (χ4v) is 2.44. The molecule has 0 saturated carbocycles. The molecule has 0 aliphatic rings. The van der Waals surface area contributed by atoms with Crippen LogP contribution in [0.1, 0.15) is 20.9 Å². The molecule has 0 aliphatic heterocycles. The number of aryl methyl sites for hydroxylation is 1. The van der Waals surface area contributed by atoms with Crippen LogP contribution in [0.5, 0.6) is 11.5 Å². The fourth-order valence-electron chi connectivity index (χ4n) is 1.67. The van der Waals surface area contributed by atoms with Crippen molar-refractivity contribution in [3.05, 3.63) is 34.3 Å². The van der Waals surface area contributed by atoms with Gasteiger partial charge in [0.05, 0.1) is 13.3 Å². The molecule has 1 aromatic carbocycles. The number of hydrogen-bond donors (Lipinski definition) is 3. The van der Waals surface area contributed by atoms with Crippen LogP contribution in [0.25, 0.3) is 0 Å². The molecule has 0 aliphatic carbocycles. The maximum absolute atomic E-state index is 11.9. The van der Waals surface area contributed by atoms with Gasteiger partial charge >= 0.3 is 5.13 Å². The van der Waals surface area contributed by atoms with Crippen molar-refractivity contribution >= 4 is 28.6 Å². The van der Waals surface area contributed by atoms with Crippen molar-refractivity contribution in [3.8, 4) is 11.5 Å². The van der Waals surface area contributed by atoms with Crippen molar-refractivity contribution in [1.29, 1.82) is 0 Å². The zero-order chi connectivity index (χ0) is 15.4. The molecule has 0 fully saturated rings. The number of nitrogens with zero attached hydrogens (tertiary/aromatic N) is 1. The van der Waals surface area contributed by atoms with Crippen LogP contribution in [0, 0.1) is 6.92 Å². The van der Waals surface area contributed by atoms with Gasteiger partial charge in [0.2, 0.25) is 0 Å². The number of hydrogen-bond acceptors (Lipinski definition) is 6. The zero-order valence-corrected chi connectivity index (χ0v) is 12.3. The number of aromatic amines is 1. The van der Waals surface area contributed by atoms with E-state index in [-0.39, 0.29) is 11.7 Å². The van der Waals surface area contributed by atoms with Gasteiger partial charge in [0.1, 0.15) is 10.6 Å². The maximum Gasteiger partial charge on any atom is 0.330 e. The zero-order valence-electron chi connectivity index (χ0n) is 11.5. The summed E-state index contributed by atoms with van der Waals surface area (Å²) >= 11 is 1.16. The van der Waals surface area contributed by atoms with Gasteiger partial charge in [0, 0.05) is 0 Å². The van der Waals surface area contributed by atoms with Crippen molar-refractivity contribution in [2.24, 2.45) is 5.10 Å². The van der Waals surface area contributed by atoms with Gasteiger partial charge in [0.15, 0.2) is 11.5 Å². The third-order valence-corrected chi connectivity index (χ3v) is 3.67. The Hall–Kier alpha value is -2.61. The predicted octanol–water partition coefficient (Wildman–Crippen LogP) is 0.931. The Morgan fingerprint density at radius 1 is 1.57 bits per heavy atom. The van der Waals surface area contributed by atoms with Crippen molar-refractivity contribution in [2.45, 2.75) is 6.92 Å². The molecule has 7 nitrogen and oxygen atoms in total. The largest absolute Gasteiger partial charge is 0.504 e. The number of ether oxygens (including phenoxy) is 1. The van der Waals surface area contributed by atoms with E-state index in [2.05, 4.69) is 15.5 Å². The van der Waals surface area contributed by atoms with Crippen LogP contribution in [-0.2, 0) is 0 Å². The molecule has 2 rings (SSSR count). The van der Waals surface area contributed by atoms with Crippen LogP contribution in [-0.4, -0.2) is 24.3 Å². The number of thiazole rings is 1. The molecule has 0 atom stereocenters. The molecular formula is C13H15N4O3S+. The third-order valence-electron chi connectivity index (χ3n) is 2.65. The second kappa shape index (κ2) is 6.23. The summed E-state index contributed by atoms with van der Waals surface area (Å²) in [7, 11) is 1.47. The number of benzene rings is 1. The number of anilines is 1. The molecule has 110 valence electrons. The molecule has 1 amide bonds. The van der Waals surface area contributed by atoms with Crippen LogP contribution in [0.4, 0.5) is 5.13 Å². The van der Waals surface area contributed by atoms with Gasteiger partial charge in [-0.1, -0.05) is 0 Å². The molecule has 0 unspecified atom stereocenters. The number of nitrogen functional groups attached to an aromatic ring is 1. The molecule has 8 heteroatoms. The number of nitrogens with one attached hydrogen (secondary N) is 2.